The molecule has 1 aromatic heterocycles. The fourth-order valence-corrected chi connectivity index (χ4v) is 2.65. The Kier molecular flexibility index (Phi) is 6.46. The predicted molar refractivity (Wildman–Crippen MR) is 107 cm³/mol. The number of ether oxygens (including phenoxy) is 1. The van der Waals surface area contributed by atoms with Crippen molar-refractivity contribution in [2.24, 2.45) is 4.99 Å². The summed E-state index contributed by atoms with van der Waals surface area (Å²) in [6.45, 7) is 1.32. The molecule has 0 fully saturated rings. The van der Waals surface area contributed by atoms with E-state index in [9.17, 15) is 0 Å². The first-order valence-electron chi connectivity index (χ1n) is 8.87. The Morgan fingerprint density at radius 2 is 1.85 bits per heavy atom. The average molecular weight is 364 g/mol. The first kappa shape index (κ1) is 18.5. The van der Waals surface area contributed by atoms with Gasteiger partial charge < -0.3 is 19.9 Å². The summed E-state index contributed by atoms with van der Waals surface area (Å²) in [5.41, 5.74) is 3.08. The molecule has 0 atom stereocenters. The van der Waals surface area contributed by atoms with Crippen LogP contribution in [0.1, 0.15) is 11.3 Å². The number of aromatic nitrogens is 1. The van der Waals surface area contributed by atoms with E-state index in [1.807, 2.05) is 48.5 Å². The maximum atomic E-state index is 5.41. The summed E-state index contributed by atoms with van der Waals surface area (Å²) >= 11 is 0. The molecule has 27 heavy (non-hydrogen) atoms. The van der Waals surface area contributed by atoms with E-state index in [1.165, 1.54) is 5.56 Å². The average Bonchev–Trinajstić information content (AvgIpc) is 3.21. The van der Waals surface area contributed by atoms with Crippen LogP contribution in [0.2, 0.25) is 0 Å². The summed E-state index contributed by atoms with van der Waals surface area (Å²) in [5, 5.41) is 10.7. The van der Waals surface area contributed by atoms with Crippen molar-refractivity contribution >= 4 is 5.96 Å². The van der Waals surface area contributed by atoms with Crippen LogP contribution < -0.4 is 15.4 Å². The Balaban J connectivity index is 1.46. The normalized spacial score (nSPS) is 11.3. The minimum absolute atomic E-state index is 0.540. The van der Waals surface area contributed by atoms with E-state index in [0.717, 1.165) is 41.7 Å². The predicted octanol–water partition coefficient (Wildman–Crippen LogP) is 3.26. The van der Waals surface area contributed by atoms with E-state index in [1.54, 1.807) is 14.2 Å². The van der Waals surface area contributed by atoms with Crippen LogP contribution in [0.25, 0.3) is 11.3 Å². The fourth-order valence-electron chi connectivity index (χ4n) is 2.65. The van der Waals surface area contributed by atoms with Crippen molar-refractivity contribution in [2.45, 2.75) is 13.0 Å². The van der Waals surface area contributed by atoms with Gasteiger partial charge in [0.05, 0.1) is 13.7 Å². The number of hydrogen-bond acceptors (Lipinski definition) is 4. The van der Waals surface area contributed by atoms with Gasteiger partial charge in [-0.3, -0.25) is 4.99 Å². The lowest BCUT2D eigenvalue weighted by Crippen LogP contribution is -2.37. The van der Waals surface area contributed by atoms with Crippen molar-refractivity contribution in [3.63, 3.8) is 0 Å². The van der Waals surface area contributed by atoms with Crippen LogP contribution in [-0.2, 0) is 13.0 Å². The molecule has 6 heteroatoms. The van der Waals surface area contributed by atoms with Crippen LogP contribution in [0, 0.1) is 0 Å². The zero-order valence-electron chi connectivity index (χ0n) is 15.6. The maximum absolute atomic E-state index is 5.41. The third kappa shape index (κ3) is 5.34. The van der Waals surface area contributed by atoms with E-state index >= 15 is 0 Å². The lowest BCUT2D eigenvalue weighted by molar-refractivity contribution is 0.414. The van der Waals surface area contributed by atoms with Gasteiger partial charge in [0.2, 0.25) is 0 Å². The summed E-state index contributed by atoms with van der Waals surface area (Å²) < 4.78 is 10.6. The van der Waals surface area contributed by atoms with Gasteiger partial charge in [-0.15, -0.1) is 0 Å². The van der Waals surface area contributed by atoms with Crippen LogP contribution in [-0.4, -0.2) is 31.8 Å². The molecule has 3 aromatic rings. The number of methoxy groups -OCH3 is 1. The Labute approximate surface area is 159 Å². The molecule has 0 spiro atoms. The minimum Gasteiger partial charge on any atom is -0.497 e. The molecule has 2 aromatic carbocycles. The Bertz CT molecular complexity index is 857. The van der Waals surface area contributed by atoms with Gasteiger partial charge in [-0.05, 0) is 24.1 Å². The monoisotopic (exact) mass is 364 g/mol. The summed E-state index contributed by atoms with van der Waals surface area (Å²) in [4.78, 5) is 4.24. The summed E-state index contributed by atoms with van der Waals surface area (Å²) in [7, 11) is 3.42. The number of guanidine groups is 1. The van der Waals surface area contributed by atoms with Crippen molar-refractivity contribution in [1.82, 2.24) is 15.8 Å². The summed E-state index contributed by atoms with van der Waals surface area (Å²) in [6.07, 6.45) is 0.896. The van der Waals surface area contributed by atoms with Crippen LogP contribution in [0.5, 0.6) is 5.75 Å². The van der Waals surface area contributed by atoms with Crippen LogP contribution >= 0.6 is 0 Å². The molecular formula is C21H24N4O2. The molecule has 1 heterocycles. The van der Waals surface area contributed by atoms with Crippen molar-refractivity contribution in [1.29, 1.82) is 0 Å². The van der Waals surface area contributed by atoms with Gasteiger partial charge in [0.15, 0.2) is 11.7 Å². The van der Waals surface area contributed by atoms with Crippen molar-refractivity contribution in [3.8, 4) is 17.1 Å². The van der Waals surface area contributed by atoms with Crippen LogP contribution in [0.3, 0.4) is 0 Å². The molecule has 2 N–H and O–H groups in total. The van der Waals surface area contributed by atoms with E-state index in [0.29, 0.717) is 6.54 Å². The second kappa shape index (κ2) is 9.43. The highest BCUT2D eigenvalue weighted by Gasteiger charge is 2.07. The van der Waals surface area contributed by atoms with E-state index in [2.05, 4.69) is 32.9 Å². The highest BCUT2D eigenvalue weighted by atomic mass is 16.5. The van der Waals surface area contributed by atoms with Crippen molar-refractivity contribution < 1.29 is 9.26 Å². The number of rotatable bonds is 7. The molecule has 0 radical (unpaired) electrons. The number of benzene rings is 2. The molecule has 0 saturated heterocycles. The van der Waals surface area contributed by atoms with E-state index in [4.69, 9.17) is 9.26 Å². The molecule has 140 valence electrons. The lowest BCUT2D eigenvalue weighted by Gasteiger charge is -2.11. The third-order valence-corrected chi connectivity index (χ3v) is 4.14. The quantitative estimate of drug-likeness (QED) is 0.497. The number of aliphatic imine (C=N–C) groups is 1. The van der Waals surface area contributed by atoms with Gasteiger partial charge in [0, 0.05) is 25.2 Å². The highest BCUT2D eigenvalue weighted by Crippen LogP contribution is 2.19. The molecule has 0 saturated carbocycles. The van der Waals surface area contributed by atoms with Gasteiger partial charge in [-0.1, -0.05) is 47.6 Å². The zero-order chi connectivity index (χ0) is 18.9. The SMILES string of the molecule is CN=C(NCCc1ccc(OC)cc1)NCc1cc(-c2ccccc2)on1. The van der Waals surface area contributed by atoms with Gasteiger partial charge in [0.25, 0.3) is 0 Å². The molecule has 3 rings (SSSR count). The van der Waals surface area contributed by atoms with Crippen LogP contribution in [0.15, 0.2) is 70.2 Å². The molecular weight excluding hydrogens is 340 g/mol. The molecule has 0 bridgehead atoms. The topological polar surface area (TPSA) is 71.7 Å². The largest absolute Gasteiger partial charge is 0.497 e. The first-order chi connectivity index (χ1) is 13.3. The molecule has 0 aliphatic carbocycles. The Morgan fingerprint density at radius 3 is 2.56 bits per heavy atom. The zero-order valence-corrected chi connectivity index (χ0v) is 15.6. The lowest BCUT2D eigenvalue weighted by atomic mass is 10.1. The highest BCUT2D eigenvalue weighted by molar-refractivity contribution is 5.79. The summed E-state index contributed by atoms with van der Waals surface area (Å²) in [5.74, 6) is 2.36. The van der Waals surface area contributed by atoms with E-state index in [-0.39, 0.29) is 0 Å². The van der Waals surface area contributed by atoms with Gasteiger partial charge in [0.1, 0.15) is 11.4 Å². The molecule has 0 aliphatic rings. The van der Waals surface area contributed by atoms with Crippen LogP contribution in [0.4, 0.5) is 0 Å². The Morgan fingerprint density at radius 1 is 1.07 bits per heavy atom. The Hall–Kier alpha value is -3.28. The number of nitrogens with one attached hydrogen (secondary N) is 2. The van der Waals surface area contributed by atoms with Crippen molar-refractivity contribution in [2.75, 3.05) is 20.7 Å². The smallest absolute Gasteiger partial charge is 0.191 e. The minimum atomic E-state index is 0.540. The second-order valence-electron chi connectivity index (χ2n) is 6.00. The summed E-state index contributed by atoms with van der Waals surface area (Å²) in [6, 6.07) is 19.9. The maximum Gasteiger partial charge on any atom is 0.191 e. The standard InChI is InChI=1S/C21H24N4O2/c1-22-21(23-13-12-16-8-10-19(26-2)11-9-16)24-15-18-14-20(27-25-18)17-6-4-3-5-7-17/h3-11,14H,12-13,15H2,1-2H3,(H2,22,23,24). The van der Waals surface area contributed by atoms with Crippen molar-refractivity contribution in [3.05, 3.63) is 71.9 Å². The molecule has 6 nitrogen and oxygen atoms in total. The number of nitrogens with zero attached hydrogens (tertiary/aromatic N) is 2. The first-order valence-corrected chi connectivity index (χ1v) is 8.87. The van der Waals surface area contributed by atoms with Gasteiger partial charge in [-0.2, -0.15) is 0 Å². The number of hydrogen-bond donors (Lipinski definition) is 2. The van der Waals surface area contributed by atoms with Gasteiger partial charge in [-0.25, -0.2) is 0 Å². The second-order valence-corrected chi connectivity index (χ2v) is 6.00. The third-order valence-electron chi connectivity index (χ3n) is 4.14. The fraction of sp³-hybridized carbons (Fsp3) is 0.238. The molecule has 0 aliphatic heterocycles. The molecule has 0 unspecified atom stereocenters. The van der Waals surface area contributed by atoms with Gasteiger partial charge >= 0.3 is 0 Å². The van der Waals surface area contributed by atoms with E-state index < -0.39 is 0 Å². The molecule has 0 amide bonds.